The van der Waals surface area contributed by atoms with Crippen LogP contribution in [-0.2, 0) is 11.2 Å². The molecular weight excluding hydrogens is 384 g/mol. The summed E-state index contributed by atoms with van der Waals surface area (Å²) in [6.45, 7) is 6.62. The summed E-state index contributed by atoms with van der Waals surface area (Å²) < 4.78 is 10.6. The van der Waals surface area contributed by atoms with Gasteiger partial charge in [-0.05, 0) is 36.2 Å². The lowest BCUT2D eigenvalue weighted by Crippen LogP contribution is -2.51. The summed E-state index contributed by atoms with van der Waals surface area (Å²) in [6.07, 6.45) is 2.48. The van der Waals surface area contributed by atoms with Gasteiger partial charge in [0.25, 0.3) is 5.91 Å². The topological polar surface area (TPSA) is 78.3 Å². The van der Waals surface area contributed by atoms with Crippen LogP contribution in [0.5, 0.6) is 0 Å². The number of nitrogens with one attached hydrogen (secondary N) is 1. The van der Waals surface area contributed by atoms with E-state index in [1.807, 2.05) is 12.1 Å². The van der Waals surface area contributed by atoms with Gasteiger partial charge < -0.3 is 24.3 Å². The first-order valence-corrected chi connectivity index (χ1v) is 10.5. The van der Waals surface area contributed by atoms with Crippen molar-refractivity contribution in [3.63, 3.8) is 0 Å². The molecule has 1 aromatic carbocycles. The quantitative estimate of drug-likeness (QED) is 0.814. The molecule has 0 unspecified atom stereocenters. The molecule has 0 atom stereocenters. The summed E-state index contributed by atoms with van der Waals surface area (Å²) in [5.74, 6) is 0.203. The lowest BCUT2D eigenvalue weighted by atomic mass is 10.1. The van der Waals surface area contributed by atoms with Gasteiger partial charge in [0.2, 0.25) is 0 Å². The van der Waals surface area contributed by atoms with E-state index in [4.69, 9.17) is 9.15 Å². The molecule has 2 aromatic rings. The molecule has 0 spiro atoms. The van der Waals surface area contributed by atoms with Crippen molar-refractivity contribution >= 4 is 17.6 Å². The molecule has 2 aliphatic rings. The molecule has 0 radical (unpaired) electrons. The van der Waals surface area contributed by atoms with Crippen LogP contribution in [0, 0.1) is 0 Å². The number of carbonyl (C=O) groups excluding carboxylic acids is 2. The number of rotatable bonds is 5. The number of benzene rings is 1. The number of nitrogens with zero attached hydrogens (tertiary/aromatic N) is 3. The van der Waals surface area contributed by atoms with E-state index in [2.05, 4.69) is 22.3 Å². The van der Waals surface area contributed by atoms with Gasteiger partial charge in [0.1, 0.15) is 0 Å². The van der Waals surface area contributed by atoms with Crippen molar-refractivity contribution in [3.05, 3.63) is 54.0 Å². The first-order chi connectivity index (χ1) is 14.7. The highest BCUT2D eigenvalue weighted by molar-refractivity contribution is 5.92. The molecule has 4 rings (SSSR count). The fourth-order valence-electron chi connectivity index (χ4n) is 3.74. The van der Waals surface area contributed by atoms with E-state index in [0.717, 1.165) is 45.0 Å². The number of furan rings is 1. The van der Waals surface area contributed by atoms with Crippen molar-refractivity contribution in [1.82, 2.24) is 14.7 Å². The van der Waals surface area contributed by atoms with Gasteiger partial charge in [-0.15, -0.1) is 0 Å². The summed E-state index contributed by atoms with van der Waals surface area (Å²) >= 11 is 0. The predicted octanol–water partition coefficient (Wildman–Crippen LogP) is 2.14. The maximum atomic E-state index is 12.6. The Hall–Kier alpha value is -2.84. The highest BCUT2D eigenvalue weighted by Crippen LogP contribution is 2.14. The number of ether oxygens (including phenoxy) is 1. The summed E-state index contributed by atoms with van der Waals surface area (Å²) in [4.78, 5) is 30.7. The molecule has 160 valence electrons. The maximum absolute atomic E-state index is 12.6. The van der Waals surface area contributed by atoms with Crippen molar-refractivity contribution < 1.29 is 18.7 Å². The molecule has 1 N–H and O–H groups in total. The maximum Gasteiger partial charge on any atom is 0.321 e. The number of hydrogen-bond acceptors (Lipinski definition) is 5. The van der Waals surface area contributed by atoms with Crippen LogP contribution >= 0.6 is 0 Å². The van der Waals surface area contributed by atoms with Gasteiger partial charge >= 0.3 is 6.03 Å². The van der Waals surface area contributed by atoms with E-state index in [1.54, 1.807) is 21.9 Å². The number of anilines is 1. The molecule has 0 bridgehead atoms. The number of piperazine rings is 1. The average Bonchev–Trinajstić information content (AvgIpc) is 3.34. The molecule has 3 heterocycles. The second-order valence-corrected chi connectivity index (χ2v) is 7.59. The highest BCUT2D eigenvalue weighted by Gasteiger charge is 2.26. The molecular formula is C22H28N4O4. The Morgan fingerprint density at radius 3 is 2.27 bits per heavy atom. The molecule has 8 nitrogen and oxygen atoms in total. The molecule has 2 fully saturated rings. The van der Waals surface area contributed by atoms with Gasteiger partial charge in [-0.1, -0.05) is 12.1 Å². The zero-order valence-electron chi connectivity index (χ0n) is 17.1. The standard InChI is InChI=1S/C22H28N4O4/c27-21(20-2-1-15-30-20)25-9-11-26(12-10-25)22(28)23-19-5-3-18(4-6-19)7-8-24-13-16-29-17-14-24/h1-6,15H,7-14,16-17H2,(H,23,28). The molecule has 30 heavy (non-hydrogen) atoms. The third-order valence-electron chi connectivity index (χ3n) is 5.61. The SMILES string of the molecule is O=C(Nc1ccc(CCN2CCOCC2)cc1)N1CCN(C(=O)c2ccco2)CC1. The molecule has 0 saturated carbocycles. The molecule has 2 aliphatic heterocycles. The number of urea groups is 1. The van der Waals surface area contributed by atoms with E-state index in [0.29, 0.717) is 31.9 Å². The predicted molar refractivity (Wildman–Crippen MR) is 113 cm³/mol. The Morgan fingerprint density at radius 2 is 1.60 bits per heavy atom. The third-order valence-corrected chi connectivity index (χ3v) is 5.61. The van der Waals surface area contributed by atoms with Gasteiger partial charge in [-0.25, -0.2) is 4.79 Å². The lowest BCUT2D eigenvalue weighted by Gasteiger charge is -2.34. The largest absolute Gasteiger partial charge is 0.459 e. The summed E-state index contributed by atoms with van der Waals surface area (Å²) in [6, 6.07) is 11.2. The summed E-state index contributed by atoms with van der Waals surface area (Å²) in [5, 5.41) is 2.95. The van der Waals surface area contributed by atoms with Crippen LogP contribution in [0.2, 0.25) is 0 Å². The molecule has 2 saturated heterocycles. The Kier molecular flexibility index (Phi) is 6.66. The fourth-order valence-corrected chi connectivity index (χ4v) is 3.74. The minimum Gasteiger partial charge on any atom is -0.459 e. The number of morpholine rings is 1. The molecule has 8 heteroatoms. The van der Waals surface area contributed by atoms with E-state index >= 15 is 0 Å². The fraction of sp³-hybridized carbons (Fsp3) is 0.455. The lowest BCUT2D eigenvalue weighted by molar-refractivity contribution is 0.0384. The zero-order chi connectivity index (χ0) is 20.8. The van der Waals surface area contributed by atoms with Crippen LogP contribution in [0.15, 0.2) is 47.1 Å². The molecule has 3 amide bonds. The minimum atomic E-state index is -0.138. The smallest absolute Gasteiger partial charge is 0.321 e. The van der Waals surface area contributed by atoms with E-state index in [9.17, 15) is 9.59 Å². The highest BCUT2D eigenvalue weighted by atomic mass is 16.5. The molecule has 0 aliphatic carbocycles. The Bertz CT molecular complexity index is 823. The van der Waals surface area contributed by atoms with Crippen molar-refractivity contribution in [1.29, 1.82) is 0 Å². The van der Waals surface area contributed by atoms with Crippen molar-refractivity contribution in [2.45, 2.75) is 6.42 Å². The van der Waals surface area contributed by atoms with Gasteiger partial charge in [-0.3, -0.25) is 9.69 Å². The first kappa shape index (κ1) is 20.4. The van der Waals surface area contributed by atoms with Crippen LogP contribution < -0.4 is 5.32 Å². The summed E-state index contributed by atoms with van der Waals surface area (Å²) in [5.41, 5.74) is 2.04. The van der Waals surface area contributed by atoms with Crippen LogP contribution in [0.3, 0.4) is 0 Å². The second kappa shape index (κ2) is 9.77. The first-order valence-electron chi connectivity index (χ1n) is 10.5. The number of amides is 3. The van der Waals surface area contributed by atoms with Crippen LogP contribution in [0.4, 0.5) is 10.5 Å². The Morgan fingerprint density at radius 1 is 0.900 bits per heavy atom. The van der Waals surface area contributed by atoms with Crippen LogP contribution in [0.25, 0.3) is 0 Å². The van der Waals surface area contributed by atoms with Gasteiger partial charge in [-0.2, -0.15) is 0 Å². The van der Waals surface area contributed by atoms with Crippen LogP contribution in [-0.4, -0.2) is 85.7 Å². The summed E-state index contributed by atoms with van der Waals surface area (Å²) in [7, 11) is 0. The van der Waals surface area contributed by atoms with Gasteiger partial charge in [0, 0.05) is 51.5 Å². The zero-order valence-corrected chi connectivity index (χ0v) is 17.1. The van der Waals surface area contributed by atoms with Gasteiger partial charge in [0.15, 0.2) is 5.76 Å². The second-order valence-electron chi connectivity index (χ2n) is 7.59. The minimum absolute atomic E-state index is 0.132. The monoisotopic (exact) mass is 412 g/mol. The van der Waals surface area contributed by atoms with Crippen LogP contribution in [0.1, 0.15) is 16.1 Å². The van der Waals surface area contributed by atoms with Crippen molar-refractivity contribution in [2.24, 2.45) is 0 Å². The normalized spacial score (nSPS) is 17.7. The van der Waals surface area contributed by atoms with Crippen molar-refractivity contribution in [3.8, 4) is 0 Å². The van der Waals surface area contributed by atoms with E-state index in [-0.39, 0.29) is 11.9 Å². The third kappa shape index (κ3) is 5.20. The van der Waals surface area contributed by atoms with Gasteiger partial charge in [0.05, 0.1) is 19.5 Å². The number of hydrogen-bond donors (Lipinski definition) is 1. The number of carbonyl (C=O) groups is 2. The average molecular weight is 412 g/mol. The Labute approximate surface area is 176 Å². The van der Waals surface area contributed by atoms with E-state index in [1.165, 1.54) is 11.8 Å². The Balaban J connectivity index is 1.21. The van der Waals surface area contributed by atoms with Crippen molar-refractivity contribution in [2.75, 3.05) is 64.3 Å². The molecule has 1 aromatic heterocycles. The van der Waals surface area contributed by atoms with E-state index < -0.39 is 0 Å².